The molecule has 2 nitrogen and oxygen atoms in total. The van der Waals surface area contributed by atoms with Gasteiger partial charge in [0, 0.05) is 16.3 Å². The second kappa shape index (κ2) is 7.39. The third-order valence-electron chi connectivity index (χ3n) is 5.27. The monoisotopic (exact) mass is 381 g/mol. The zero-order valence-corrected chi connectivity index (χ0v) is 15.5. The maximum absolute atomic E-state index is 12.1. The molecule has 2 aliphatic carbocycles. The Hall–Kier alpha value is -0.480. The zero-order chi connectivity index (χ0) is 15.5. The predicted molar refractivity (Wildman–Crippen MR) is 96.8 cm³/mol. The minimum Gasteiger partial charge on any atom is -0.353 e. The van der Waals surface area contributed by atoms with Crippen LogP contribution in [0.4, 0.5) is 0 Å². The standard InChI is InChI=1S/C18H24BrNOS/c1-12(16-9-13-6-7-14(16)8-13)20-18(21)11-22-10-15-4-2-3-5-17(15)19/h2-5,12-14,16H,6-11H2,1H3,(H,20,21)/t12-,13+,14+,16+/m1/s1. The van der Waals surface area contributed by atoms with E-state index in [0.717, 1.165) is 28.0 Å². The molecule has 0 spiro atoms. The van der Waals surface area contributed by atoms with Crippen molar-refractivity contribution in [2.24, 2.45) is 17.8 Å². The van der Waals surface area contributed by atoms with Crippen molar-refractivity contribution in [3.8, 4) is 0 Å². The van der Waals surface area contributed by atoms with Crippen molar-refractivity contribution in [3.63, 3.8) is 0 Å². The molecule has 3 rings (SSSR count). The fourth-order valence-corrected chi connectivity index (χ4v) is 5.63. The van der Waals surface area contributed by atoms with E-state index in [4.69, 9.17) is 0 Å². The summed E-state index contributed by atoms with van der Waals surface area (Å²) in [4.78, 5) is 12.1. The molecule has 1 amide bonds. The van der Waals surface area contributed by atoms with Crippen LogP contribution in [0.15, 0.2) is 28.7 Å². The average molecular weight is 382 g/mol. The van der Waals surface area contributed by atoms with E-state index in [-0.39, 0.29) is 5.91 Å². The summed E-state index contributed by atoms with van der Waals surface area (Å²) in [6.45, 7) is 2.20. The molecule has 120 valence electrons. The Morgan fingerprint density at radius 2 is 2.18 bits per heavy atom. The lowest BCUT2D eigenvalue weighted by Crippen LogP contribution is -2.40. The maximum Gasteiger partial charge on any atom is 0.230 e. The van der Waals surface area contributed by atoms with Crippen LogP contribution in [-0.2, 0) is 10.5 Å². The molecule has 0 aromatic heterocycles. The van der Waals surface area contributed by atoms with Crippen LogP contribution in [0.2, 0.25) is 0 Å². The normalized spacial score (nSPS) is 27.8. The number of carbonyl (C=O) groups excluding carboxylic acids is 1. The highest BCUT2D eigenvalue weighted by Gasteiger charge is 2.42. The van der Waals surface area contributed by atoms with Crippen molar-refractivity contribution in [3.05, 3.63) is 34.3 Å². The van der Waals surface area contributed by atoms with Crippen molar-refractivity contribution >= 4 is 33.6 Å². The van der Waals surface area contributed by atoms with Crippen LogP contribution in [0.1, 0.15) is 38.2 Å². The van der Waals surface area contributed by atoms with Gasteiger partial charge in [-0.05, 0) is 55.6 Å². The lowest BCUT2D eigenvalue weighted by molar-refractivity contribution is -0.119. The highest BCUT2D eigenvalue weighted by atomic mass is 79.9. The van der Waals surface area contributed by atoms with Gasteiger partial charge in [-0.25, -0.2) is 0 Å². The van der Waals surface area contributed by atoms with Gasteiger partial charge in [0.25, 0.3) is 0 Å². The number of hydrogen-bond acceptors (Lipinski definition) is 2. The van der Waals surface area contributed by atoms with Crippen molar-refractivity contribution < 1.29 is 4.79 Å². The first-order valence-corrected chi connectivity index (χ1v) is 10.2. The highest BCUT2D eigenvalue weighted by Crippen LogP contribution is 2.49. The first kappa shape index (κ1) is 16.4. The van der Waals surface area contributed by atoms with E-state index in [1.807, 2.05) is 18.2 Å². The van der Waals surface area contributed by atoms with E-state index < -0.39 is 0 Å². The minimum atomic E-state index is 0.187. The summed E-state index contributed by atoms with van der Waals surface area (Å²) >= 11 is 5.24. The smallest absolute Gasteiger partial charge is 0.230 e. The topological polar surface area (TPSA) is 29.1 Å². The van der Waals surface area contributed by atoms with Crippen LogP contribution in [0.25, 0.3) is 0 Å². The highest BCUT2D eigenvalue weighted by molar-refractivity contribution is 9.10. The fourth-order valence-electron chi connectivity index (χ4n) is 4.18. The summed E-state index contributed by atoms with van der Waals surface area (Å²) in [5.74, 6) is 4.14. The van der Waals surface area contributed by atoms with Gasteiger partial charge >= 0.3 is 0 Å². The molecule has 4 heteroatoms. The number of thioether (sulfide) groups is 1. The molecule has 0 aliphatic heterocycles. The second-order valence-corrected chi connectivity index (χ2v) is 8.62. The first-order chi connectivity index (χ1) is 10.6. The molecule has 1 aromatic rings. The molecule has 2 fully saturated rings. The van der Waals surface area contributed by atoms with Gasteiger partial charge in [-0.2, -0.15) is 0 Å². The maximum atomic E-state index is 12.1. The number of amides is 1. The lowest BCUT2D eigenvalue weighted by atomic mass is 9.84. The van der Waals surface area contributed by atoms with Gasteiger partial charge < -0.3 is 5.32 Å². The number of benzene rings is 1. The SMILES string of the molecule is C[C@@H](NC(=O)CSCc1ccccc1Br)[C@@H]1C[C@H]2CC[C@H]1C2. The third kappa shape index (κ3) is 3.88. The van der Waals surface area contributed by atoms with Crippen molar-refractivity contribution in [2.45, 2.75) is 44.4 Å². The second-order valence-electron chi connectivity index (χ2n) is 6.78. The van der Waals surface area contributed by atoms with Gasteiger partial charge in [0.05, 0.1) is 5.75 Å². The summed E-state index contributed by atoms with van der Waals surface area (Å²) in [5, 5.41) is 3.24. The van der Waals surface area contributed by atoms with Gasteiger partial charge in [-0.1, -0.05) is 40.5 Å². The van der Waals surface area contributed by atoms with Crippen molar-refractivity contribution in [2.75, 3.05) is 5.75 Å². The Kier molecular flexibility index (Phi) is 5.50. The van der Waals surface area contributed by atoms with Crippen LogP contribution in [0.5, 0.6) is 0 Å². The molecule has 0 radical (unpaired) electrons. The van der Waals surface area contributed by atoms with E-state index in [1.54, 1.807) is 11.8 Å². The van der Waals surface area contributed by atoms with E-state index in [0.29, 0.717) is 11.8 Å². The number of nitrogens with one attached hydrogen (secondary N) is 1. The quantitative estimate of drug-likeness (QED) is 0.778. The molecule has 0 saturated heterocycles. The number of fused-ring (bicyclic) bond motifs is 2. The Labute approximate surface area is 146 Å². The Morgan fingerprint density at radius 1 is 1.36 bits per heavy atom. The zero-order valence-electron chi connectivity index (χ0n) is 13.1. The predicted octanol–water partition coefficient (Wildman–Crippen LogP) is 4.62. The average Bonchev–Trinajstić information content (AvgIpc) is 3.12. The van der Waals surface area contributed by atoms with Gasteiger partial charge in [0.1, 0.15) is 0 Å². The van der Waals surface area contributed by atoms with Crippen molar-refractivity contribution in [1.29, 1.82) is 0 Å². The molecule has 0 heterocycles. The molecule has 0 unspecified atom stereocenters. The molecule has 2 aliphatic rings. The Bertz CT molecular complexity index is 536. The fraction of sp³-hybridized carbons (Fsp3) is 0.611. The van der Waals surface area contributed by atoms with Crippen LogP contribution in [-0.4, -0.2) is 17.7 Å². The van der Waals surface area contributed by atoms with Gasteiger partial charge in [0.2, 0.25) is 5.91 Å². The van der Waals surface area contributed by atoms with Crippen molar-refractivity contribution in [1.82, 2.24) is 5.32 Å². The number of carbonyl (C=O) groups is 1. The summed E-state index contributed by atoms with van der Waals surface area (Å²) in [6, 6.07) is 8.55. The molecule has 1 N–H and O–H groups in total. The first-order valence-electron chi connectivity index (χ1n) is 8.24. The van der Waals surface area contributed by atoms with E-state index in [1.165, 1.54) is 31.2 Å². The van der Waals surface area contributed by atoms with E-state index in [9.17, 15) is 4.79 Å². The molecular formula is C18H24BrNOS. The van der Waals surface area contributed by atoms with Crippen LogP contribution >= 0.6 is 27.7 Å². The lowest BCUT2D eigenvalue weighted by Gasteiger charge is -2.28. The van der Waals surface area contributed by atoms with Crippen LogP contribution in [0, 0.1) is 17.8 Å². The summed E-state index contributed by atoms with van der Waals surface area (Å²) in [5.41, 5.74) is 1.25. The summed E-state index contributed by atoms with van der Waals surface area (Å²) < 4.78 is 1.12. The number of halogens is 1. The molecule has 2 bridgehead atoms. The summed E-state index contributed by atoms with van der Waals surface area (Å²) in [7, 11) is 0. The molecule has 1 aromatic carbocycles. The molecule has 2 saturated carbocycles. The minimum absolute atomic E-state index is 0.187. The Balaban J connectivity index is 1.40. The van der Waals surface area contributed by atoms with E-state index in [2.05, 4.69) is 34.2 Å². The van der Waals surface area contributed by atoms with Crippen LogP contribution < -0.4 is 5.32 Å². The summed E-state index contributed by atoms with van der Waals surface area (Å²) in [6.07, 6.45) is 5.54. The van der Waals surface area contributed by atoms with Gasteiger partial charge in [0.15, 0.2) is 0 Å². The molecule has 4 atom stereocenters. The van der Waals surface area contributed by atoms with Gasteiger partial charge in [-0.15, -0.1) is 11.8 Å². The number of hydrogen-bond donors (Lipinski definition) is 1. The van der Waals surface area contributed by atoms with E-state index >= 15 is 0 Å². The largest absolute Gasteiger partial charge is 0.353 e. The molecular weight excluding hydrogens is 358 g/mol. The van der Waals surface area contributed by atoms with Crippen LogP contribution in [0.3, 0.4) is 0 Å². The third-order valence-corrected chi connectivity index (χ3v) is 7.03. The Morgan fingerprint density at radius 3 is 2.86 bits per heavy atom. The van der Waals surface area contributed by atoms with Gasteiger partial charge in [-0.3, -0.25) is 4.79 Å². The molecule has 22 heavy (non-hydrogen) atoms. The number of rotatable bonds is 6.